The van der Waals surface area contributed by atoms with Crippen molar-refractivity contribution in [3.8, 4) is 0 Å². The highest BCUT2D eigenvalue weighted by atomic mass is 35.5. The topological polar surface area (TPSA) is 66.5 Å². The van der Waals surface area contributed by atoms with Gasteiger partial charge in [-0.3, -0.25) is 4.79 Å². The van der Waals surface area contributed by atoms with Crippen LogP contribution in [0.2, 0.25) is 5.02 Å². The highest BCUT2D eigenvalue weighted by molar-refractivity contribution is 7.89. The van der Waals surface area contributed by atoms with Gasteiger partial charge in [-0.25, -0.2) is 8.42 Å². The highest BCUT2D eigenvalue weighted by Crippen LogP contribution is 2.27. The molecule has 1 N–H and O–H groups in total. The maximum Gasteiger partial charge on any atom is 0.243 e. The van der Waals surface area contributed by atoms with Crippen LogP contribution in [0.3, 0.4) is 0 Å². The van der Waals surface area contributed by atoms with Crippen LogP contribution in [0.5, 0.6) is 0 Å². The fourth-order valence-corrected chi connectivity index (χ4v) is 5.16. The molecule has 1 fully saturated rings. The van der Waals surface area contributed by atoms with Crippen LogP contribution in [0.25, 0.3) is 0 Å². The molecule has 0 unspecified atom stereocenters. The van der Waals surface area contributed by atoms with E-state index in [9.17, 15) is 13.2 Å². The number of carbonyl (C=O) groups is 1. The Morgan fingerprint density at radius 2 is 1.71 bits per heavy atom. The average molecular weight is 421 g/mol. The normalized spacial score (nSPS) is 18.2. The first-order valence-electron chi connectivity index (χ1n) is 9.47. The van der Waals surface area contributed by atoms with Crippen LogP contribution >= 0.6 is 11.6 Å². The number of amides is 1. The minimum Gasteiger partial charge on any atom is -0.325 e. The Balaban J connectivity index is 1.80. The molecule has 3 rings (SSSR count). The Labute approximate surface area is 171 Å². The van der Waals surface area contributed by atoms with Crippen molar-refractivity contribution < 1.29 is 13.2 Å². The third kappa shape index (κ3) is 4.57. The maximum absolute atomic E-state index is 13.1. The van der Waals surface area contributed by atoms with Crippen molar-refractivity contribution in [1.29, 1.82) is 0 Å². The predicted octanol–water partition coefficient (Wildman–Crippen LogP) is 4.65. The van der Waals surface area contributed by atoms with Gasteiger partial charge >= 0.3 is 0 Å². The molecule has 28 heavy (non-hydrogen) atoms. The van der Waals surface area contributed by atoms with E-state index in [2.05, 4.69) is 19.2 Å². The summed E-state index contributed by atoms with van der Waals surface area (Å²) in [7, 11) is -3.77. The van der Waals surface area contributed by atoms with Gasteiger partial charge in [0.25, 0.3) is 0 Å². The molecule has 0 aliphatic carbocycles. The number of rotatable bonds is 5. The first-order chi connectivity index (χ1) is 13.3. The summed E-state index contributed by atoms with van der Waals surface area (Å²) in [5.74, 6) is 0.109. The summed E-state index contributed by atoms with van der Waals surface area (Å²) >= 11 is 5.87. The lowest BCUT2D eigenvalue weighted by atomic mass is 10.0. The molecule has 1 atom stereocenters. The van der Waals surface area contributed by atoms with Crippen LogP contribution in [-0.2, 0) is 14.8 Å². The number of benzene rings is 2. The molecule has 0 bridgehead atoms. The Bertz CT molecular complexity index is 925. The van der Waals surface area contributed by atoms with Crippen molar-refractivity contribution in [3.63, 3.8) is 0 Å². The summed E-state index contributed by atoms with van der Waals surface area (Å²) in [5, 5.41) is 3.34. The fourth-order valence-electron chi connectivity index (χ4n) is 3.37. The molecule has 1 heterocycles. The van der Waals surface area contributed by atoms with Crippen LogP contribution < -0.4 is 5.32 Å². The smallest absolute Gasteiger partial charge is 0.243 e. The van der Waals surface area contributed by atoms with Gasteiger partial charge in [0.1, 0.15) is 6.04 Å². The molecule has 0 radical (unpaired) electrons. The van der Waals surface area contributed by atoms with E-state index < -0.39 is 16.1 Å². The van der Waals surface area contributed by atoms with Crippen molar-refractivity contribution in [3.05, 3.63) is 59.1 Å². The molecule has 7 heteroatoms. The second-order valence-corrected chi connectivity index (χ2v) is 9.67. The number of nitrogens with one attached hydrogen (secondary N) is 1. The molecule has 0 saturated carbocycles. The van der Waals surface area contributed by atoms with Gasteiger partial charge in [-0.1, -0.05) is 44.0 Å². The number of hydrogen-bond donors (Lipinski definition) is 1. The number of sulfonamides is 1. The average Bonchev–Trinajstić information content (AvgIpc) is 2.68. The lowest BCUT2D eigenvalue weighted by molar-refractivity contribution is -0.120. The molecule has 0 aromatic heterocycles. The number of anilines is 1. The zero-order valence-corrected chi connectivity index (χ0v) is 17.6. The second-order valence-electron chi connectivity index (χ2n) is 7.35. The summed E-state index contributed by atoms with van der Waals surface area (Å²) in [6, 6.07) is 13.0. The molecule has 1 saturated heterocycles. The lowest BCUT2D eigenvalue weighted by Gasteiger charge is -2.33. The largest absolute Gasteiger partial charge is 0.325 e. The Morgan fingerprint density at radius 1 is 1.07 bits per heavy atom. The van der Waals surface area contributed by atoms with E-state index in [1.807, 2.05) is 24.3 Å². The number of piperidine rings is 1. The van der Waals surface area contributed by atoms with Crippen LogP contribution in [-0.4, -0.2) is 31.2 Å². The monoisotopic (exact) mass is 420 g/mol. The van der Waals surface area contributed by atoms with E-state index in [0.717, 1.165) is 12.8 Å². The number of nitrogens with zero attached hydrogens (tertiary/aromatic N) is 1. The van der Waals surface area contributed by atoms with Gasteiger partial charge in [-0.05, 0) is 60.7 Å². The molecule has 1 amide bonds. The predicted molar refractivity (Wildman–Crippen MR) is 112 cm³/mol. The number of halogens is 1. The van der Waals surface area contributed by atoms with Crippen molar-refractivity contribution >= 4 is 33.2 Å². The molecule has 150 valence electrons. The van der Waals surface area contributed by atoms with E-state index in [0.29, 0.717) is 29.6 Å². The van der Waals surface area contributed by atoms with Crippen LogP contribution in [0.4, 0.5) is 5.69 Å². The third-order valence-electron chi connectivity index (χ3n) is 5.02. The maximum atomic E-state index is 13.1. The summed E-state index contributed by atoms with van der Waals surface area (Å²) in [6.07, 6.45) is 2.05. The molecule has 5 nitrogen and oxygen atoms in total. The zero-order valence-electron chi connectivity index (χ0n) is 16.1. The van der Waals surface area contributed by atoms with Crippen molar-refractivity contribution in [2.24, 2.45) is 0 Å². The van der Waals surface area contributed by atoms with E-state index in [-0.39, 0.29) is 10.8 Å². The minimum absolute atomic E-state index is 0.151. The first-order valence-corrected chi connectivity index (χ1v) is 11.3. The van der Waals surface area contributed by atoms with Crippen LogP contribution in [0.1, 0.15) is 44.6 Å². The Morgan fingerprint density at radius 3 is 2.32 bits per heavy atom. The molecule has 1 aliphatic rings. The molecular weight excluding hydrogens is 396 g/mol. The molecular formula is C21H25ClN2O3S. The Kier molecular flexibility index (Phi) is 6.43. The van der Waals surface area contributed by atoms with Gasteiger partial charge in [-0.2, -0.15) is 4.31 Å². The summed E-state index contributed by atoms with van der Waals surface area (Å²) in [4.78, 5) is 13.0. The van der Waals surface area contributed by atoms with Gasteiger partial charge in [0.05, 0.1) is 4.90 Å². The standard InChI is InChI=1S/C21H25ClN2O3S/c1-15(2)16-6-10-18(11-7-16)23-21(25)20-5-3-4-14-24(20)28(26,27)19-12-8-17(22)9-13-19/h6-13,15,20H,3-5,14H2,1-2H3,(H,23,25)/t20-/m1/s1. The lowest BCUT2D eigenvalue weighted by Crippen LogP contribution is -2.49. The SMILES string of the molecule is CC(C)c1ccc(NC(=O)[C@H]2CCCCN2S(=O)(=O)c2ccc(Cl)cc2)cc1. The van der Waals surface area contributed by atoms with E-state index >= 15 is 0 Å². The van der Waals surface area contributed by atoms with Gasteiger partial charge < -0.3 is 5.32 Å². The number of carbonyl (C=O) groups excluding carboxylic acids is 1. The van der Waals surface area contributed by atoms with Crippen LogP contribution in [0.15, 0.2) is 53.4 Å². The summed E-state index contributed by atoms with van der Waals surface area (Å²) in [5.41, 5.74) is 1.85. The van der Waals surface area contributed by atoms with E-state index in [1.54, 1.807) is 12.1 Å². The number of hydrogen-bond acceptors (Lipinski definition) is 3. The van der Waals surface area contributed by atoms with Crippen LogP contribution in [0, 0.1) is 0 Å². The zero-order chi connectivity index (χ0) is 20.3. The summed E-state index contributed by atoms with van der Waals surface area (Å²) < 4.78 is 27.5. The van der Waals surface area contributed by atoms with Gasteiger partial charge in [0.15, 0.2) is 0 Å². The fraction of sp³-hybridized carbons (Fsp3) is 0.381. The van der Waals surface area contributed by atoms with Crippen molar-refractivity contribution in [2.75, 3.05) is 11.9 Å². The van der Waals surface area contributed by atoms with Crippen molar-refractivity contribution in [1.82, 2.24) is 4.31 Å². The van der Waals surface area contributed by atoms with Gasteiger partial charge in [0, 0.05) is 17.3 Å². The molecule has 2 aromatic carbocycles. The van der Waals surface area contributed by atoms with E-state index in [4.69, 9.17) is 11.6 Å². The van der Waals surface area contributed by atoms with E-state index in [1.165, 1.54) is 22.0 Å². The first kappa shape index (κ1) is 20.8. The molecule has 0 spiro atoms. The molecule has 1 aliphatic heterocycles. The highest BCUT2D eigenvalue weighted by Gasteiger charge is 2.37. The third-order valence-corrected chi connectivity index (χ3v) is 7.20. The summed E-state index contributed by atoms with van der Waals surface area (Å²) in [6.45, 7) is 4.54. The quantitative estimate of drug-likeness (QED) is 0.765. The minimum atomic E-state index is -3.77. The molecule has 2 aromatic rings. The Hall–Kier alpha value is -1.89. The second kappa shape index (κ2) is 8.64. The van der Waals surface area contributed by atoms with Crippen molar-refractivity contribution in [2.45, 2.75) is 50.0 Å². The van der Waals surface area contributed by atoms with Gasteiger partial charge in [-0.15, -0.1) is 0 Å². The van der Waals surface area contributed by atoms with Gasteiger partial charge in [0.2, 0.25) is 15.9 Å².